The number of benzene rings is 1. The molecule has 3 rings (SSSR count). The minimum absolute atomic E-state index is 0.00490. The zero-order chi connectivity index (χ0) is 16.8. The van der Waals surface area contributed by atoms with Crippen molar-refractivity contribution >= 4 is 27.4 Å². The smallest absolute Gasteiger partial charge is 0.267 e. The normalized spacial score (nSPS) is 17.6. The number of amides is 1. The number of hydrogen-bond acceptors (Lipinski definition) is 6. The van der Waals surface area contributed by atoms with E-state index in [-0.39, 0.29) is 16.6 Å². The fourth-order valence-electron chi connectivity index (χ4n) is 2.27. The number of rotatable bonds is 3. The monoisotopic (exact) mass is 337 g/mol. The number of ether oxygens (including phenoxy) is 1. The number of likely N-dealkylation sites (N-methyl/N-ethyl adjacent to an activating group) is 1. The first-order chi connectivity index (χ1) is 10.8. The third kappa shape index (κ3) is 2.74. The third-order valence-corrected chi connectivity index (χ3v) is 4.80. The Balaban J connectivity index is 1.96. The Bertz CT molecular complexity index is 874. The number of nitrogens with zero attached hydrogens (tertiary/aromatic N) is 2. The Morgan fingerprint density at radius 3 is 2.70 bits per heavy atom. The third-order valence-electron chi connectivity index (χ3n) is 3.45. The van der Waals surface area contributed by atoms with E-state index in [1.807, 2.05) is 0 Å². The van der Waals surface area contributed by atoms with Crippen molar-refractivity contribution in [3.05, 3.63) is 30.0 Å². The van der Waals surface area contributed by atoms with E-state index in [9.17, 15) is 13.2 Å². The van der Waals surface area contributed by atoms with Gasteiger partial charge < -0.3 is 14.2 Å². The van der Waals surface area contributed by atoms with Crippen LogP contribution in [0.15, 0.2) is 33.7 Å². The number of carbonyl (C=O) groups is 1. The number of sulfonamides is 1. The van der Waals surface area contributed by atoms with E-state index in [2.05, 4.69) is 9.88 Å². The van der Waals surface area contributed by atoms with Gasteiger partial charge in [-0.2, -0.15) is 0 Å². The number of carbonyl (C=O) groups excluding carboxylic acids is 1. The Labute approximate surface area is 133 Å². The van der Waals surface area contributed by atoms with Gasteiger partial charge in [0.05, 0.1) is 10.6 Å². The molecular formula is C14H15N3O5S. The molecule has 122 valence electrons. The average Bonchev–Trinajstić information content (AvgIpc) is 2.89. The summed E-state index contributed by atoms with van der Waals surface area (Å²) in [5, 5.41) is 3.60. The molecule has 0 radical (unpaired) electrons. The van der Waals surface area contributed by atoms with Gasteiger partial charge in [-0.05, 0) is 32.0 Å². The molecule has 8 nitrogen and oxygen atoms in total. The van der Waals surface area contributed by atoms with Crippen LogP contribution in [0.2, 0.25) is 0 Å². The maximum absolute atomic E-state index is 12.4. The zero-order valence-corrected chi connectivity index (χ0v) is 13.5. The fraction of sp³-hybridized carbons (Fsp3) is 0.286. The highest BCUT2D eigenvalue weighted by Crippen LogP contribution is 2.35. The van der Waals surface area contributed by atoms with Gasteiger partial charge in [-0.15, -0.1) is 0 Å². The number of hydrogen-bond donors (Lipinski definition) is 1. The maximum Gasteiger partial charge on any atom is 0.267 e. The molecule has 1 aliphatic heterocycles. The largest absolute Gasteiger partial charge is 0.479 e. The zero-order valence-electron chi connectivity index (χ0n) is 12.7. The van der Waals surface area contributed by atoms with E-state index in [0.717, 1.165) is 0 Å². The number of anilines is 2. The minimum atomic E-state index is -3.85. The van der Waals surface area contributed by atoms with Crippen LogP contribution in [0, 0.1) is 6.92 Å². The molecule has 2 aromatic rings. The molecule has 0 aliphatic carbocycles. The molecule has 1 amide bonds. The summed E-state index contributed by atoms with van der Waals surface area (Å²) in [5.41, 5.74) is 0.396. The molecule has 1 aromatic heterocycles. The molecule has 0 saturated carbocycles. The predicted octanol–water partition coefficient (Wildman–Crippen LogP) is 1.53. The number of nitrogens with one attached hydrogen (secondary N) is 1. The van der Waals surface area contributed by atoms with Crippen LogP contribution in [0.3, 0.4) is 0 Å². The van der Waals surface area contributed by atoms with E-state index in [1.54, 1.807) is 20.9 Å². The Morgan fingerprint density at radius 1 is 1.30 bits per heavy atom. The van der Waals surface area contributed by atoms with Crippen molar-refractivity contribution in [3.8, 4) is 5.75 Å². The van der Waals surface area contributed by atoms with Gasteiger partial charge in [-0.1, -0.05) is 5.16 Å². The Kier molecular flexibility index (Phi) is 3.52. The average molecular weight is 337 g/mol. The van der Waals surface area contributed by atoms with Gasteiger partial charge in [-0.3, -0.25) is 9.52 Å². The van der Waals surface area contributed by atoms with Crippen LogP contribution in [0.25, 0.3) is 0 Å². The molecular weight excluding hydrogens is 322 g/mol. The van der Waals surface area contributed by atoms with Crippen molar-refractivity contribution in [3.63, 3.8) is 0 Å². The number of fused-ring (bicyclic) bond motifs is 1. The highest BCUT2D eigenvalue weighted by molar-refractivity contribution is 7.92. The summed E-state index contributed by atoms with van der Waals surface area (Å²) >= 11 is 0. The molecule has 1 aromatic carbocycles. The minimum Gasteiger partial charge on any atom is -0.479 e. The summed E-state index contributed by atoms with van der Waals surface area (Å²) in [5.74, 6) is 0.790. The second kappa shape index (κ2) is 5.27. The Morgan fingerprint density at radius 2 is 2.04 bits per heavy atom. The van der Waals surface area contributed by atoms with E-state index in [0.29, 0.717) is 17.2 Å². The predicted molar refractivity (Wildman–Crippen MR) is 82.0 cm³/mol. The van der Waals surface area contributed by atoms with Gasteiger partial charge in [0.15, 0.2) is 11.9 Å². The highest BCUT2D eigenvalue weighted by Gasteiger charge is 2.30. The van der Waals surface area contributed by atoms with Crippen molar-refractivity contribution in [2.45, 2.75) is 24.8 Å². The number of aryl methyl sites for hydroxylation is 1. The van der Waals surface area contributed by atoms with Gasteiger partial charge in [0, 0.05) is 13.1 Å². The summed E-state index contributed by atoms with van der Waals surface area (Å²) in [4.78, 5) is 13.3. The van der Waals surface area contributed by atoms with Crippen molar-refractivity contribution in [1.82, 2.24) is 5.16 Å². The fourth-order valence-corrected chi connectivity index (χ4v) is 3.27. The molecule has 0 spiro atoms. The van der Waals surface area contributed by atoms with Crippen LogP contribution >= 0.6 is 0 Å². The van der Waals surface area contributed by atoms with Crippen molar-refractivity contribution in [2.24, 2.45) is 0 Å². The molecule has 9 heteroatoms. The van der Waals surface area contributed by atoms with E-state index in [4.69, 9.17) is 9.26 Å². The molecule has 1 N–H and O–H groups in total. The lowest BCUT2D eigenvalue weighted by Gasteiger charge is -2.30. The van der Waals surface area contributed by atoms with E-state index < -0.39 is 16.1 Å². The second-order valence-electron chi connectivity index (χ2n) is 5.22. The molecule has 23 heavy (non-hydrogen) atoms. The topological polar surface area (TPSA) is 102 Å². The van der Waals surface area contributed by atoms with Gasteiger partial charge in [0.1, 0.15) is 11.5 Å². The second-order valence-corrected chi connectivity index (χ2v) is 6.90. The van der Waals surface area contributed by atoms with Crippen LogP contribution in [-0.4, -0.2) is 32.6 Å². The van der Waals surface area contributed by atoms with Crippen LogP contribution in [0.5, 0.6) is 5.75 Å². The van der Waals surface area contributed by atoms with Crippen molar-refractivity contribution < 1.29 is 22.5 Å². The Hall–Kier alpha value is -2.55. The van der Waals surface area contributed by atoms with Gasteiger partial charge in [-0.25, -0.2) is 8.42 Å². The van der Waals surface area contributed by atoms with Crippen LogP contribution in [0.1, 0.15) is 12.7 Å². The highest BCUT2D eigenvalue weighted by atomic mass is 32.2. The quantitative estimate of drug-likeness (QED) is 0.911. The van der Waals surface area contributed by atoms with Crippen LogP contribution < -0.4 is 14.4 Å². The first-order valence-corrected chi connectivity index (χ1v) is 8.30. The van der Waals surface area contributed by atoms with Crippen LogP contribution in [0.4, 0.5) is 11.5 Å². The molecule has 2 heterocycles. The molecule has 1 unspecified atom stereocenters. The first kappa shape index (κ1) is 15.3. The van der Waals surface area contributed by atoms with E-state index >= 15 is 0 Å². The van der Waals surface area contributed by atoms with Crippen molar-refractivity contribution in [1.29, 1.82) is 0 Å². The summed E-state index contributed by atoms with van der Waals surface area (Å²) in [7, 11) is -2.28. The SMILES string of the molecule is Cc1cc(NS(=O)(=O)c2ccc3c(c2)N(C)C(=O)C(C)O3)no1. The summed E-state index contributed by atoms with van der Waals surface area (Å²) < 4.78 is 37.4. The lowest BCUT2D eigenvalue weighted by Crippen LogP contribution is -2.42. The lowest BCUT2D eigenvalue weighted by atomic mass is 10.2. The maximum atomic E-state index is 12.4. The number of aromatic nitrogens is 1. The first-order valence-electron chi connectivity index (χ1n) is 6.82. The molecule has 1 aliphatic rings. The van der Waals surface area contributed by atoms with Gasteiger partial charge in [0.25, 0.3) is 15.9 Å². The molecule has 0 fully saturated rings. The summed E-state index contributed by atoms with van der Waals surface area (Å²) in [6, 6.07) is 5.78. The van der Waals surface area contributed by atoms with Crippen LogP contribution in [-0.2, 0) is 14.8 Å². The van der Waals surface area contributed by atoms with Gasteiger partial charge in [0.2, 0.25) is 0 Å². The summed E-state index contributed by atoms with van der Waals surface area (Å²) in [6.07, 6.45) is -0.605. The molecule has 1 atom stereocenters. The standard InChI is InChI=1S/C14H15N3O5S/c1-8-6-13(15-22-8)16-23(19,20)10-4-5-12-11(7-10)17(3)14(18)9(2)21-12/h4-7,9H,1-3H3,(H,15,16). The van der Waals surface area contributed by atoms with E-state index in [1.165, 1.54) is 29.2 Å². The molecule has 0 saturated heterocycles. The summed E-state index contributed by atoms with van der Waals surface area (Å²) in [6.45, 7) is 3.30. The van der Waals surface area contributed by atoms with Gasteiger partial charge >= 0.3 is 0 Å². The molecule has 0 bridgehead atoms. The lowest BCUT2D eigenvalue weighted by molar-refractivity contribution is -0.125. The van der Waals surface area contributed by atoms with Crippen molar-refractivity contribution in [2.75, 3.05) is 16.7 Å².